The number of aromatic nitrogens is 2. The minimum Gasteiger partial charge on any atom is -0.383 e. The standard InChI is InChI=1S/C11H18N6O/c12-8-5-10(16-11(14)15-8)17(6-9(13)18)7-3-1-2-4-7/h5,7H,1-4,6H2,(H2,13,18)(H4,12,14,15,16). The van der Waals surface area contributed by atoms with Crippen molar-refractivity contribution in [3.05, 3.63) is 6.07 Å². The molecule has 0 unspecified atom stereocenters. The summed E-state index contributed by atoms with van der Waals surface area (Å²) < 4.78 is 0. The van der Waals surface area contributed by atoms with Crippen molar-refractivity contribution in [3.63, 3.8) is 0 Å². The molecular formula is C11H18N6O. The molecule has 0 radical (unpaired) electrons. The largest absolute Gasteiger partial charge is 0.383 e. The van der Waals surface area contributed by atoms with Crippen molar-refractivity contribution >= 4 is 23.5 Å². The number of nitrogen functional groups attached to an aromatic ring is 2. The van der Waals surface area contributed by atoms with E-state index in [0.29, 0.717) is 11.6 Å². The zero-order valence-electron chi connectivity index (χ0n) is 10.2. The molecule has 18 heavy (non-hydrogen) atoms. The van der Waals surface area contributed by atoms with E-state index in [0.717, 1.165) is 25.7 Å². The van der Waals surface area contributed by atoms with Crippen LogP contribution in [0.15, 0.2) is 6.07 Å². The van der Waals surface area contributed by atoms with Crippen LogP contribution in [0.25, 0.3) is 0 Å². The zero-order chi connectivity index (χ0) is 13.1. The summed E-state index contributed by atoms with van der Waals surface area (Å²) in [6.07, 6.45) is 4.35. The van der Waals surface area contributed by atoms with Crippen molar-refractivity contribution < 1.29 is 4.79 Å². The van der Waals surface area contributed by atoms with Crippen LogP contribution >= 0.6 is 0 Å². The fourth-order valence-corrected chi connectivity index (χ4v) is 2.40. The van der Waals surface area contributed by atoms with E-state index in [-0.39, 0.29) is 18.5 Å². The second kappa shape index (κ2) is 5.07. The first kappa shape index (κ1) is 12.4. The van der Waals surface area contributed by atoms with Crippen molar-refractivity contribution in [1.82, 2.24) is 9.97 Å². The van der Waals surface area contributed by atoms with Crippen LogP contribution in [-0.2, 0) is 4.79 Å². The summed E-state index contributed by atoms with van der Waals surface area (Å²) in [5.41, 5.74) is 16.5. The highest BCUT2D eigenvalue weighted by molar-refractivity contribution is 5.79. The number of primary amides is 1. The number of rotatable bonds is 4. The fraction of sp³-hybridized carbons (Fsp3) is 0.545. The average Bonchev–Trinajstić information content (AvgIpc) is 2.77. The van der Waals surface area contributed by atoms with E-state index >= 15 is 0 Å². The van der Waals surface area contributed by atoms with Crippen molar-refractivity contribution in [2.45, 2.75) is 31.7 Å². The molecule has 1 heterocycles. The van der Waals surface area contributed by atoms with Gasteiger partial charge in [-0.15, -0.1) is 0 Å². The number of hydrogen-bond donors (Lipinski definition) is 3. The second-order valence-corrected chi connectivity index (χ2v) is 4.54. The maximum atomic E-state index is 11.2. The van der Waals surface area contributed by atoms with Gasteiger partial charge in [0, 0.05) is 12.1 Å². The third kappa shape index (κ3) is 2.79. The zero-order valence-corrected chi connectivity index (χ0v) is 10.2. The lowest BCUT2D eigenvalue weighted by Gasteiger charge is -2.28. The molecule has 1 aliphatic rings. The van der Waals surface area contributed by atoms with Gasteiger partial charge in [0.1, 0.15) is 11.6 Å². The Labute approximate surface area is 105 Å². The summed E-state index contributed by atoms with van der Waals surface area (Å²) in [4.78, 5) is 21.0. The summed E-state index contributed by atoms with van der Waals surface area (Å²) in [5, 5.41) is 0. The van der Waals surface area contributed by atoms with E-state index in [1.807, 2.05) is 4.90 Å². The van der Waals surface area contributed by atoms with Crippen LogP contribution in [0.2, 0.25) is 0 Å². The minimum absolute atomic E-state index is 0.109. The number of carbonyl (C=O) groups is 1. The van der Waals surface area contributed by atoms with E-state index in [1.165, 1.54) is 0 Å². The van der Waals surface area contributed by atoms with Crippen LogP contribution in [0.4, 0.5) is 17.6 Å². The van der Waals surface area contributed by atoms with Gasteiger partial charge in [-0.1, -0.05) is 12.8 Å². The lowest BCUT2D eigenvalue weighted by molar-refractivity contribution is -0.116. The summed E-state index contributed by atoms with van der Waals surface area (Å²) in [6, 6.07) is 1.89. The highest BCUT2D eigenvalue weighted by atomic mass is 16.1. The van der Waals surface area contributed by atoms with Crippen LogP contribution in [0.1, 0.15) is 25.7 Å². The first-order chi connectivity index (χ1) is 8.56. The van der Waals surface area contributed by atoms with Gasteiger partial charge in [0.25, 0.3) is 0 Å². The van der Waals surface area contributed by atoms with Gasteiger partial charge in [-0.3, -0.25) is 4.79 Å². The number of carbonyl (C=O) groups excluding carboxylic acids is 1. The Bertz CT molecular complexity index is 423. The molecule has 0 aliphatic heterocycles. The Hall–Kier alpha value is -2.05. The van der Waals surface area contributed by atoms with E-state index in [9.17, 15) is 4.79 Å². The Morgan fingerprint density at radius 1 is 1.33 bits per heavy atom. The number of nitrogens with zero attached hydrogens (tertiary/aromatic N) is 3. The number of anilines is 3. The quantitative estimate of drug-likeness (QED) is 0.684. The smallest absolute Gasteiger partial charge is 0.237 e. The SMILES string of the molecule is NC(=O)CN(c1cc(N)nc(N)n1)C1CCCC1. The molecule has 7 nitrogen and oxygen atoms in total. The van der Waals surface area contributed by atoms with Crippen molar-refractivity contribution in [1.29, 1.82) is 0 Å². The van der Waals surface area contributed by atoms with Crippen molar-refractivity contribution in [2.24, 2.45) is 5.73 Å². The third-order valence-corrected chi connectivity index (χ3v) is 3.14. The molecule has 0 aromatic carbocycles. The molecule has 0 bridgehead atoms. The Morgan fingerprint density at radius 2 is 2.00 bits per heavy atom. The number of hydrogen-bond acceptors (Lipinski definition) is 6. The number of amides is 1. The van der Waals surface area contributed by atoms with Crippen LogP contribution in [0.3, 0.4) is 0 Å². The fourth-order valence-electron chi connectivity index (χ4n) is 2.40. The van der Waals surface area contributed by atoms with Gasteiger partial charge in [0.15, 0.2) is 0 Å². The van der Waals surface area contributed by atoms with Crippen molar-refractivity contribution in [2.75, 3.05) is 22.9 Å². The molecule has 1 saturated carbocycles. The first-order valence-corrected chi connectivity index (χ1v) is 6.01. The molecule has 7 heteroatoms. The van der Waals surface area contributed by atoms with Crippen molar-refractivity contribution in [3.8, 4) is 0 Å². The van der Waals surface area contributed by atoms with Crippen LogP contribution in [0, 0.1) is 0 Å². The van der Waals surface area contributed by atoms with E-state index in [4.69, 9.17) is 17.2 Å². The minimum atomic E-state index is -0.391. The molecule has 1 aromatic heterocycles. The van der Waals surface area contributed by atoms with Crippen LogP contribution < -0.4 is 22.1 Å². The molecule has 0 spiro atoms. The third-order valence-electron chi connectivity index (χ3n) is 3.14. The highest BCUT2D eigenvalue weighted by Crippen LogP contribution is 2.27. The first-order valence-electron chi connectivity index (χ1n) is 6.01. The normalized spacial score (nSPS) is 15.8. The van der Waals surface area contributed by atoms with Gasteiger partial charge < -0.3 is 22.1 Å². The maximum Gasteiger partial charge on any atom is 0.237 e. The predicted molar refractivity (Wildman–Crippen MR) is 69.7 cm³/mol. The summed E-state index contributed by atoms with van der Waals surface area (Å²) >= 11 is 0. The van der Waals surface area contributed by atoms with E-state index < -0.39 is 5.91 Å². The van der Waals surface area contributed by atoms with Crippen LogP contribution in [0.5, 0.6) is 0 Å². The molecule has 2 rings (SSSR count). The summed E-state index contributed by atoms with van der Waals surface area (Å²) in [5.74, 6) is 0.589. The van der Waals surface area contributed by atoms with Gasteiger partial charge in [-0.25, -0.2) is 0 Å². The van der Waals surface area contributed by atoms with Crippen LogP contribution in [-0.4, -0.2) is 28.5 Å². The van der Waals surface area contributed by atoms with E-state index in [1.54, 1.807) is 6.07 Å². The van der Waals surface area contributed by atoms with Gasteiger partial charge in [-0.05, 0) is 12.8 Å². The molecule has 6 N–H and O–H groups in total. The Balaban J connectivity index is 2.28. The van der Waals surface area contributed by atoms with Gasteiger partial charge in [0.05, 0.1) is 6.54 Å². The molecule has 1 aliphatic carbocycles. The topological polar surface area (TPSA) is 124 Å². The lowest BCUT2D eigenvalue weighted by atomic mass is 10.2. The predicted octanol–water partition coefficient (Wildman–Crippen LogP) is -0.125. The molecule has 1 amide bonds. The highest BCUT2D eigenvalue weighted by Gasteiger charge is 2.25. The summed E-state index contributed by atoms with van der Waals surface area (Å²) in [6.45, 7) is 0.126. The maximum absolute atomic E-state index is 11.2. The second-order valence-electron chi connectivity index (χ2n) is 4.54. The molecular weight excluding hydrogens is 232 g/mol. The summed E-state index contributed by atoms with van der Waals surface area (Å²) in [7, 11) is 0. The Morgan fingerprint density at radius 3 is 2.56 bits per heavy atom. The molecule has 0 atom stereocenters. The van der Waals surface area contributed by atoms with Gasteiger partial charge in [-0.2, -0.15) is 9.97 Å². The average molecular weight is 250 g/mol. The van der Waals surface area contributed by atoms with Gasteiger partial charge >= 0.3 is 0 Å². The van der Waals surface area contributed by atoms with E-state index in [2.05, 4.69) is 9.97 Å². The molecule has 0 saturated heterocycles. The lowest BCUT2D eigenvalue weighted by Crippen LogP contribution is -2.40. The Kier molecular flexibility index (Phi) is 3.50. The monoisotopic (exact) mass is 250 g/mol. The number of nitrogens with two attached hydrogens (primary N) is 3. The molecule has 98 valence electrons. The molecule has 1 aromatic rings. The van der Waals surface area contributed by atoms with Gasteiger partial charge in [0.2, 0.25) is 11.9 Å². The molecule has 1 fully saturated rings.